The van der Waals surface area contributed by atoms with Crippen LogP contribution in [0.15, 0.2) is 40.2 Å². The first-order valence-electron chi connectivity index (χ1n) is 8.54. The largest absolute Gasteiger partial charge is 0.469 e. The van der Waals surface area contributed by atoms with E-state index in [0.29, 0.717) is 12.5 Å². The molecule has 9 heteroatoms. The van der Waals surface area contributed by atoms with Gasteiger partial charge in [0.1, 0.15) is 5.76 Å². The zero-order valence-electron chi connectivity index (χ0n) is 14.8. The number of aliphatic imine (C=N–C) groups is 1. The number of halogens is 2. The Morgan fingerprint density at radius 1 is 1.27 bits per heavy atom. The predicted octanol–water partition coefficient (Wildman–Crippen LogP) is 2.16. The van der Waals surface area contributed by atoms with Crippen LogP contribution in [0, 0.1) is 5.82 Å². The summed E-state index contributed by atoms with van der Waals surface area (Å²) in [5.74, 6) is 2.01. The van der Waals surface area contributed by atoms with Gasteiger partial charge < -0.3 is 19.5 Å². The van der Waals surface area contributed by atoms with E-state index in [2.05, 4.69) is 32.0 Å². The van der Waals surface area contributed by atoms with Gasteiger partial charge in [0.2, 0.25) is 5.95 Å². The van der Waals surface area contributed by atoms with Crippen molar-refractivity contribution in [2.45, 2.75) is 13.3 Å². The number of piperazine rings is 1. The monoisotopic (exact) mass is 474 g/mol. The summed E-state index contributed by atoms with van der Waals surface area (Å²) in [6, 6.07) is 3.85. The average molecular weight is 474 g/mol. The number of nitrogens with one attached hydrogen (secondary N) is 1. The lowest BCUT2D eigenvalue weighted by atomic mass is 10.3. The quantitative estimate of drug-likeness (QED) is 0.407. The molecule has 142 valence electrons. The van der Waals surface area contributed by atoms with Gasteiger partial charge >= 0.3 is 0 Å². The van der Waals surface area contributed by atoms with Crippen molar-refractivity contribution in [3.05, 3.63) is 42.4 Å². The molecular weight excluding hydrogens is 450 g/mol. The Labute approximate surface area is 169 Å². The van der Waals surface area contributed by atoms with Crippen molar-refractivity contribution in [1.29, 1.82) is 0 Å². The van der Waals surface area contributed by atoms with E-state index < -0.39 is 5.82 Å². The predicted molar refractivity (Wildman–Crippen MR) is 110 cm³/mol. The van der Waals surface area contributed by atoms with Crippen molar-refractivity contribution in [2.75, 3.05) is 44.2 Å². The van der Waals surface area contributed by atoms with E-state index in [1.54, 1.807) is 6.26 Å². The highest BCUT2D eigenvalue weighted by Gasteiger charge is 2.21. The number of aromatic nitrogens is 2. The van der Waals surface area contributed by atoms with Gasteiger partial charge in [-0.25, -0.2) is 14.4 Å². The van der Waals surface area contributed by atoms with Gasteiger partial charge in [0.15, 0.2) is 11.8 Å². The Kier molecular flexibility index (Phi) is 8.07. The van der Waals surface area contributed by atoms with Crippen LogP contribution in [0.2, 0.25) is 0 Å². The summed E-state index contributed by atoms with van der Waals surface area (Å²) in [6.07, 6.45) is 4.87. The van der Waals surface area contributed by atoms with Crippen molar-refractivity contribution in [2.24, 2.45) is 4.99 Å². The lowest BCUT2D eigenvalue weighted by Gasteiger charge is -2.36. The first kappa shape index (κ1) is 20.4. The van der Waals surface area contributed by atoms with Crippen molar-refractivity contribution in [1.82, 2.24) is 20.2 Å². The molecule has 3 heterocycles. The molecule has 26 heavy (non-hydrogen) atoms. The molecule has 0 spiro atoms. The minimum absolute atomic E-state index is 0. The SMILES string of the molecule is CCNC(=NCCc1ccco1)N1CCN(c2ncc(F)cn2)CC1.I. The van der Waals surface area contributed by atoms with Gasteiger partial charge in [0, 0.05) is 45.7 Å². The second-order valence-corrected chi connectivity index (χ2v) is 5.74. The standard InChI is InChI=1S/C17H23FN6O.HI/c1-2-19-16(20-6-5-15-4-3-11-25-15)23-7-9-24(10-8-23)17-21-12-14(18)13-22-17;/h3-4,11-13H,2,5-10H2,1H3,(H,19,20);1H. The number of nitrogens with zero attached hydrogens (tertiary/aromatic N) is 5. The first-order valence-corrected chi connectivity index (χ1v) is 8.54. The summed E-state index contributed by atoms with van der Waals surface area (Å²) in [5, 5.41) is 3.34. The van der Waals surface area contributed by atoms with E-state index in [1.165, 1.54) is 12.4 Å². The third-order valence-electron chi connectivity index (χ3n) is 4.00. The molecule has 3 rings (SSSR count). The van der Waals surface area contributed by atoms with Crippen molar-refractivity contribution in [3.63, 3.8) is 0 Å². The van der Waals surface area contributed by atoms with Gasteiger partial charge in [0.25, 0.3) is 0 Å². The minimum Gasteiger partial charge on any atom is -0.469 e. The topological polar surface area (TPSA) is 69.8 Å². The second-order valence-electron chi connectivity index (χ2n) is 5.74. The maximum Gasteiger partial charge on any atom is 0.225 e. The Morgan fingerprint density at radius 2 is 2.00 bits per heavy atom. The molecule has 7 nitrogen and oxygen atoms in total. The number of guanidine groups is 1. The molecule has 2 aromatic heterocycles. The molecule has 1 fully saturated rings. The van der Waals surface area contributed by atoms with E-state index in [4.69, 9.17) is 9.41 Å². The molecule has 0 atom stereocenters. The third kappa shape index (κ3) is 5.55. The molecule has 2 aromatic rings. The second kappa shape index (κ2) is 10.3. The molecule has 0 aromatic carbocycles. The van der Waals surface area contributed by atoms with Gasteiger partial charge in [-0.1, -0.05) is 0 Å². The number of hydrogen-bond acceptors (Lipinski definition) is 5. The third-order valence-corrected chi connectivity index (χ3v) is 4.00. The minimum atomic E-state index is -0.416. The van der Waals surface area contributed by atoms with Gasteiger partial charge in [-0.15, -0.1) is 24.0 Å². The van der Waals surface area contributed by atoms with E-state index in [0.717, 1.165) is 50.9 Å². The summed E-state index contributed by atoms with van der Waals surface area (Å²) >= 11 is 0. The fourth-order valence-corrected chi connectivity index (χ4v) is 2.74. The molecule has 0 saturated carbocycles. The van der Waals surface area contributed by atoms with Crippen LogP contribution in [0.1, 0.15) is 12.7 Å². The Bertz CT molecular complexity index is 671. The molecule has 0 aliphatic carbocycles. The lowest BCUT2D eigenvalue weighted by Crippen LogP contribution is -2.53. The molecule has 0 amide bonds. The molecule has 1 N–H and O–H groups in total. The average Bonchev–Trinajstić information content (AvgIpc) is 3.15. The summed E-state index contributed by atoms with van der Waals surface area (Å²) in [7, 11) is 0. The number of hydrogen-bond donors (Lipinski definition) is 1. The van der Waals surface area contributed by atoms with Gasteiger partial charge in [-0.05, 0) is 19.1 Å². The highest BCUT2D eigenvalue weighted by atomic mass is 127. The van der Waals surface area contributed by atoms with Crippen LogP contribution >= 0.6 is 24.0 Å². The van der Waals surface area contributed by atoms with Crippen molar-refractivity contribution >= 4 is 35.9 Å². The molecule has 0 bridgehead atoms. The van der Waals surface area contributed by atoms with Gasteiger partial charge in [-0.2, -0.15) is 0 Å². The zero-order chi connectivity index (χ0) is 17.5. The first-order chi connectivity index (χ1) is 12.3. The molecule has 1 aliphatic heterocycles. The highest BCUT2D eigenvalue weighted by molar-refractivity contribution is 14.0. The van der Waals surface area contributed by atoms with Crippen LogP contribution in [0.4, 0.5) is 10.3 Å². The van der Waals surface area contributed by atoms with E-state index >= 15 is 0 Å². The molecule has 1 aliphatic rings. The maximum absolute atomic E-state index is 12.9. The number of rotatable bonds is 5. The fraction of sp³-hybridized carbons (Fsp3) is 0.471. The smallest absolute Gasteiger partial charge is 0.225 e. The normalized spacial score (nSPS) is 14.9. The van der Waals surface area contributed by atoms with Gasteiger partial charge in [-0.3, -0.25) is 4.99 Å². The van der Waals surface area contributed by atoms with Crippen LogP contribution in [0.5, 0.6) is 0 Å². The van der Waals surface area contributed by atoms with E-state index in [-0.39, 0.29) is 24.0 Å². The van der Waals surface area contributed by atoms with Crippen molar-refractivity contribution in [3.8, 4) is 0 Å². The molecule has 0 unspecified atom stereocenters. The van der Waals surface area contributed by atoms with Crippen LogP contribution in [-0.2, 0) is 6.42 Å². The fourth-order valence-electron chi connectivity index (χ4n) is 2.74. The van der Waals surface area contributed by atoms with Gasteiger partial charge in [0.05, 0.1) is 18.7 Å². The Morgan fingerprint density at radius 3 is 2.62 bits per heavy atom. The summed E-state index contributed by atoms with van der Waals surface area (Å²) in [6.45, 7) is 6.73. The lowest BCUT2D eigenvalue weighted by molar-refractivity contribution is 0.369. The van der Waals surface area contributed by atoms with Crippen LogP contribution < -0.4 is 10.2 Å². The van der Waals surface area contributed by atoms with Crippen LogP contribution in [-0.4, -0.2) is 60.1 Å². The molecule has 0 radical (unpaired) electrons. The summed E-state index contributed by atoms with van der Waals surface area (Å²) in [4.78, 5) is 17.1. The van der Waals surface area contributed by atoms with E-state index in [9.17, 15) is 4.39 Å². The zero-order valence-corrected chi connectivity index (χ0v) is 17.1. The highest BCUT2D eigenvalue weighted by Crippen LogP contribution is 2.11. The van der Waals surface area contributed by atoms with Crippen molar-refractivity contribution < 1.29 is 8.81 Å². The number of furan rings is 1. The maximum atomic E-state index is 12.9. The van der Waals surface area contributed by atoms with Crippen LogP contribution in [0.3, 0.4) is 0 Å². The molecular formula is C17H24FIN6O. The number of anilines is 1. The summed E-state index contributed by atoms with van der Waals surface area (Å²) in [5.41, 5.74) is 0. The Balaban J connectivity index is 0.00000243. The Hall–Kier alpha value is -1.91. The van der Waals surface area contributed by atoms with E-state index in [1.807, 2.05) is 12.1 Å². The van der Waals surface area contributed by atoms with Crippen LogP contribution in [0.25, 0.3) is 0 Å². The molecule has 1 saturated heterocycles. The summed E-state index contributed by atoms with van der Waals surface area (Å²) < 4.78 is 18.3.